The van der Waals surface area contributed by atoms with Gasteiger partial charge >= 0.3 is 0 Å². The van der Waals surface area contributed by atoms with E-state index in [0.29, 0.717) is 0 Å². The SMILES string of the molecule is c1ccc2c(c1)Oc1ccc3[nH]ccc3c1S2. The average molecular weight is 239 g/mol. The summed E-state index contributed by atoms with van der Waals surface area (Å²) >= 11 is 1.77. The maximum absolute atomic E-state index is 5.92. The predicted octanol–water partition coefficient (Wildman–Crippen LogP) is 4.42. The van der Waals surface area contributed by atoms with Crippen molar-refractivity contribution in [2.24, 2.45) is 0 Å². The Balaban J connectivity index is 1.98. The lowest BCUT2D eigenvalue weighted by Gasteiger charge is -2.19. The van der Waals surface area contributed by atoms with Gasteiger partial charge in [-0.05, 0) is 30.3 Å². The van der Waals surface area contributed by atoms with Gasteiger partial charge in [0.2, 0.25) is 0 Å². The minimum Gasteiger partial charge on any atom is -0.455 e. The van der Waals surface area contributed by atoms with Gasteiger partial charge in [-0.2, -0.15) is 0 Å². The summed E-state index contributed by atoms with van der Waals surface area (Å²) in [5, 5.41) is 1.22. The van der Waals surface area contributed by atoms with E-state index in [2.05, 4.69) is 23.2 Å². The Bertz CT molecular complexity index is 717. The zero-order chi connectivity index (χ0) is 11.2. The second kappa shape index (κ2) is 3.31. The number of para-hydroxylation sites is 1. The highest BCUT2D eigenvalue weighted by molar-refractivity contribution is 7.99. The molecule has 3 heteroatoms. The van der Waals surface area contributed by atoms with E-state index in [1.165, 1.54) is 15.2 Å². The summed E-state index contributed by atoms with van der Waals surface area (Å²) in [5.41, 5.74) is 1.15. The fourth-order valence-corrected chi connectivity index (χ4v) is 3.19. The minimum absolute atomic E-state index is 0.944. The van der Waals surface area contributed by atoms with Crippen LogP contribution in [-0.2, 0) is 0 Å². The number of ether oxygens (including phenoxy) is 1. The molecule has 17 heavy (non-hydrogen) atoms. The summed E-state index contributed by atoms with van der Waals surface area (Å²) in [7, 11) is 0. The van der Waals surface area contributed by atoms with Gasteiger partial charge in [-0.1, -0.05) is 23.9 Å². The molecule has 1 aliphatic rings. The van der Waals surface area contributed by atoms with Crippen LogP contribution in [0.1, 0.15) is 0 Å². The monoisotopic (exact) mass is 239 g/mol. The number of H-pyrrole nitrogens is 1. The first-order valence-electron chi connectivity index (χ1n) is 5.47. The van der Waals surface area contributed by atoms with Gasteiger partial charge in [0.25, 0.3) is 0 Å². The first-order valence-corrected chi connectivity index (χ1v) is 6.28. The second-order valence-electron chi connectivity index (χ2n) is 3.98. The van der Waals surface area contributed by atoms with Crippen molar-refractivity contribution in [3.05, 3.63) is 48.7 Å². The summed E-state index contributed by atoms with van der Waals surface area (Å²) in [6.45, 7) is 0. The number of fused-ring (bicyclic) bond motifs is 4. The van der Waals surface area contributed by atoms with Crippen molar-refractivity contribution in [3.8, 4) is 11.5 Å². The van der Waals surface area contributed by atoms with Crippen LogP contribution in [0.25, 0.3) is 10.9 Å². The van der Waals surface area contributed by atoms with Gasteiger partial charge in [-0.3, -0.25) is 0 Å². The molecule has 0 amide bonds. The number of aromatic nitrogens is 1. The van der Waals surface area contributed by atoms with Crippen LogP contribution in [0.5, 0.6) is 11.5 Å². The normalized spacial score (nSPS) is 12.9. The standard InChI is InChI=1S/C14H9NOS/c1-2-4-13-11(3-1)16-12-6-5-10-9(7-8-15-10)14(12)17-13/h1-8,15H. The quantitative estimate of drug-likeness (QED) is 0.491. The molecule has 1 N–H and O–H groups in total. The van der Waals surface area contributed by atoms with Crippen molar-refractivity contribution in [2.75, 3.05) is 0 Å². The highest BCUT2D eigenvalue weighted by Gasteiger charge is 2.19. The molecule has 2 nitrogen and oxygen atoms in total. The van der Waals surface area contributed by atoms with Gasteiger partial charge in [0.15, 0.2) is 0 Å². The molecule has 0 atom stereocenters. The van der Waals surface area contributed by atoms with E-state index in [4.69, 9.17) is 4.74 Å². The highest BCUT2D eigenvalue weighted by Crippen LogP contribution is 2.49. The lowest BCUT2D eigenvalue weighted by molar-refractivity contribution is 0.456. The van der Waals surface area contributed by atoms with Gasteiger partial charge in [-0.25, -0.2) is 0 Å². The molecule has 82 valence electrons. The predicted molar refractivity (Wildman–Crippen MR) is 68.9 cm³/mol. The van der Waals surface area contributed by atoms with Crippen LogP contribution in [0.3, 0.4) is 0 Å². The molecule has 3 aromatic rings. The van der Waals surface area contributed by atoms with Crippen molar-refractivity contribution < 1.29 is 4.74 Å². The summed E-state index contributed by atoms with van der Waals surface area (Å²) in [5.74, 6) is 1.89. The number of hydrogen-bond acceptors (Lipinski definition) is 2. The maximum atomic E-state index is 5.92. The third-order valence-electron chi connectivity index (χ3n) is 2.93. The van der Waals surface area contributed by atoms with Crippen molar-refractivity contribution in [1.82, 2.24) is 4.98 Å². The van der Waals surface area contributed by atoms with E-state index in [9.17, 15) is 0 Å². The molecular formula is C14H9NOS. The lowest BCUT2D eigenvalue weighted by atomic mass is 10.2. The Hall–Kier alpha value is -1.87. The van der Waals surface area contributed by atoms with Gasteiger partial charge in [0.05, 0.1) is 9.79 Å². The molecule has 1 aliphatic heterocycles. The van der Waals surface area contributed by atoms with E-state index in [-0.39, 0.29) is 0 Å². The van der Waals surface area contributed by atoms with Crippen LogP contribution in [0.2, 0.25) is 0 Å². The molecule has 2 aromatic carbocycles. The van der Waals surface area contributed by atoms with Crippen LogP contribution in [0.15, 0.2) is 58.5 Å². The van der Waals surface area contributed by atoms with Crippen molar-refractivity contribution >= 4 is 22.7 Å². The van der Waals surface area contributed by atoms with Gasteiger partial charge in [0.1, 0.15) is 11.5 Å². The zero-order valence-corrected chi connectivity index (χ0v) is 9.75. The molecule has 2 heterocycles. The maximum Gasteiger partial charge on any atom is 0.142 e. The Labute approximate surface area is 103 Å². The summed E-state index contributed by atoms with van der Waals surface area (Å²) < 4.78 is 5.92. The first-order chi connectivity index (χ1) is 8.42. The summed E-state index contributed by atoms with van der Waals surface area (Å²) in [4.78, 5) is 5.60. The van der Waals surface area contributed by atoms with Crippen LogP contribution in [0.4, 0.5) is 0 Å². The smallest absolute Gasteiger partial charge is 0.142 e. The molecule has 0 bridgehead atoms. The van der Waals surface area contributed by atoms with Gasteiger partial charge in [0, 0.05) is 17.1 Å². The van der Waals surface area contributed by atoms with E-state index < -0.39 is 0 Å². The van der Waals surface area contributed by atoms with Crippen molar-refractivity contribution in [2.45, 2.75) is 9.79 Å². The number of rotatable bonds is 0. The average Bonchev–Trinajstić information content (AvgIpc) is 2.85. The minimum atomic E-state index is 0.944. The fraction of sp³-hybridized carbons (Fsp3) is 0. The highest BCUT2D eigenvalue weighted by atomic mass is 32.2. The van der Waals surface area contributed by atoms with Crippen molar-refractivity contribution in [3.63, 3.8) is 0 Å². The molecule has 4 rings (SSSR count). The number of benzene rings is 2. The molecule has 1 aromatic heterocycles. The molecule has 0 aliphatic carbocycles. The Morgan fingerprint density at radius 1 is 0.941 bits per heavy atom. The zero-order valence-electron chi connectivity index (χ0n) is 8.94. The Kier molecular flexibility index (Phi) is 1.79. The van der Waals surface area contributed by atoms with Crippen LogP contribution >= 0.6 is 11.8 Å². The summed E-state index contributed by atoms with van der Waals surface area (Å²) in [6, 6.07) is 14.3. The topological polar surface area (TPSA) is 25.0 Å². The first kappa shape index (κ1) is 9.19. The fourth-order valence-electron chi connectivity index (χ4n) is 2.12. The molecule has 0 saturated heterocycles. The number of hydrogen-bond donors (Lipinski definition) is 1. The third-order valence-corrected chi connectivity index (χ3v) is 4.11. The van der Waals surface area contributed by atoms with Crippen molar-refractivity contribution in [1.29, 1.82) is 0 Å². The molecule has 0 radical (unpaired) electrons. The van der Waals surface area contributed by atoms with Crippen LogP contribution in [0, 0.1) is 0 Å². The second-order valence-corrected chi connectivity index (χ2v) is 5.03. The summed E-state index contributed by atoms with van der Waals surface area (Å²) in [6.07, 6.45) is 1.96. The molecule has 0 unspecified atom stereocenters. The Morgan fingerprint density at radius 3 is 2.88 bits per heavy atom. The lowest BCUT2D eigenvalue weighted by Crippen LogP contribution is -1.94. The van der Waals surface area contributed by atoms with Gasteiger partial charge in [-0.15, -0.1) is 0 Å². The van der Waals surface area contributed by atoms with E-state index >= 15 is 0 Å². The molecule has 0 fully saturated rings. The number of nitrogens with one attached hydrogen (secondary N) is 1. The largest absolute Gasteiger partial charge is 0.455 e. The van der Waals surface area contributed by atoms with E-state index in [1.54, 1.807) is 11.8 Å². The third kappa shape index (κ3) is 1.29. The van der Waals surface area contributed by atoms with E-state index in [1.807, 2.05) is 30.5 Å². The molecule has 0 spiro atoms. The molecular weight excluding hydrogens is 230 g/mol. The van der Waals surface area contributed by atoms with E-state index in [0.717, 1.165) is 17.0 Å². The Morgan fingerprint density at radius 2 is 1.88 bits per heavy atom. The van der Waals surface area contributed by atoms with Crippen LogP contribution < -0.4 is 4.74 Å². The number of aromatic amines is 1. The van der Waals surface area contributed by atoms with Gasteiger partial charge < -0.3 is 9.72 Å². The van der Waals surface area contributed by atoms with Crippen LogP contribution in [-0.4, -0.2) is 4.98 Å². The molecule has 0 saturated carbocycles.